The molecule has 50 heavy (non-hydrogen) atoms. The van der Waals surface area contributed by atoms with Gasteiger partial charge in [-0.1, -0.05) is 24.3 Å². The second kappa shape index (κ2) is 14.1. The Morgan fingerprint density at radius 1 is 1.00 bits per heavy atom. The molecule has 0 saturated carbocycles. The fourth-order valence-electron chi connectivity index (χ4n) is 7.61. The third kappa shape index (κ3) is 6.37. The zero-order chi connectivity index (χ0) is 35.0. The van der Waals surface area contributed by atoms with Crippen LogP contribution in [0.2, 0.25) is 0 Å². The molecule has 4 aliphatic heterocycles. The highest BCUT2D eigenvalue weighted by molar-refractivity contribution is 6.19. The standard InChI is InChI=1S/C38H44ClN5O6/c1-38-12-6-7-13-44(38)36(46)28-19-32(48-3)33(20-29(28)40-24-38)49-18-8-11-34(45)43-23-25(22-39)35-27-10-5-4-9-26(27)31(21-30(35)43)50-37(47)42-16-14-41(2)15-17-42/h4-5,9-10,19-21,24-25H,6-8,11-18,22-23H2,1-3H3/t25-,38+/m1/s1. The minimum absolute atomic E-state index is 0.0543. The van der Waals surface area contributed by atoms with E-state index in [1.54, 1.807) is 29.0 Å². The van der Waals surface area contributed by atoms with Crippen LogP contribution in [0, 0.1) is 0 Å². The van der Waals surface area contributed by atoms with Gasteiger partial charge in [-0.2, -0.15) is 0 Å². The summed E-state index contributed by atoms with van der Waals surface area (Å²) in [6, 6.07) is 13.1. The molecule has 7 rings (SSSR count). The number of carbonyl (C=O) groups excluding carboxylic acids is 3. The minimum Gasteiger partial charge on any atom is -0.493 e. The van der Waals surface area contributed by atoms with Crippen molar-refractivity contribution in [3.05, 3.63) is 53.6 Å². The fraction of sp³-hybridized carbons (Fsp3) is 0.474. The third-order valence-corrected chi connectivity index (χ3v) is 10.9. The van der Waals surface area contributed by atoms with E-state index < -0.39 is 11.6 Å². The van der Waals surface area contributed by atoms with Gasteiger partial charge in [0.25, 0.3) is 5.91 Å². The lowest BCUT2D eigenvalue weighted by Gasteiger charge is -2.41. The Bertz CT molecular complexity index is 1840. The van der Waals surface area contributed by atoms with Crippen molar-refractivity contribution in [1.29, 1.82) is 0 Å². The summed E-state index contributed by atoms with van der Waals surface area (Å²) < 4.78 is 17.8. The Hall–Kier alpha value is -4.35. The van der Waals surface area contributed by atoms with Gasteiger partial charge in [0.05, 0.1) is 36.2 Å². The Morgan fingerprint density at radius 3 is 2.54 bits per heavy atom. The van der Waals surface area contributed by atoms with Gasteiger partial charge in [0.2, 0.25) is 5.91 Å². The maximum absolute atomic E-state index is 13.8. The summed E-state index contributed by atoms with van der Waals surface area (Å²) >= 11 is 6.48. The number of methoxy groups -OCH3 is 1. The van der Waals surface area contributed by atoms with Crippen LogP contribution < -0.4 is 19.1 Å². The lowest BCUT2D eigenvalue weighted by atomic mass is 9.89. The first-order valence-corrected chi connectivity index (χ1v) is 18.0. The maximum atomic E-state index is 13.8. The van der Waals surface area contributed by atoms with Crippen molar-refractivity contribution in [3.63, 3.8) is 0 Å². The summed E-state index contributed by atoms with van der Waals surface area (Å²) in [4.78, 5) is 52.8. The molecule has 12 heteroatoms. The van der Waals surface area contributed by atoms with Crippen molar-refractivity contribution in [2.24, 2.45) is 4.99 Å². The van der Waals surface area contributed by atoms with Crippen LogP contribution >= 0.6 is 11.6 Å². The Kier molecular flexibility index (Phi) is 9.63. The molecule has 0 unspecified atom stereocenters. The zero-order valence-corrected chi connectivity index (χ0v) is 29.7. The summed E-state index contributed by atoms with van der Waals surface area (Å²) in [6.07, 6.45) is 5.07. The number of piperidine rings is 1. The topological polar surface area (TPSA) is 104 Å². The van der Waals surface area contributed by atoms with E-state index in [9.17, 15) is 14.4 Å². The summed E-state index contributed by atoms with van der Waals surface area (Å²) in [5.74, 6) is 1.52. The molecule has 2 saturated heterocycles. The molecule has 0 radical (unpaired) electrons. The Morgan fingerprint density at radius 2 is 1.78 bits per heavy atom. The first kappa shape index (κ1) is 34.1. The quantitative estimate of drug-likeness (QED) is 0.203. The van der Waals surface area contributed by atoms with E-state index in [4.69, 9.17) is 30.8 Å². The summed E-state index contributed by atoms with van der Waals surface area (Å²) in [5, 5.41) is 1.74. The number of halogens is 1. The van der Waals surface area contributed by atoms with E-state index >= 15 is 0 Å². The average molecular weight is 702 g/mol. The van der Waals surface area contributed by atoms with Gasteiger partial charge >= 0.3 is 6.09 Å². The number of nitrogens with zero attached hydrogens (tertiary/aromatic N) is 5. The second-order valence-corrected chi connectivity index (χ2v) is 14.2. The van der Waals surface area contributed by atoms with E-state index in [1.165, 1.54) is 0 Å². The van der Waals surface area contributed by atoms with Gasteiger partial charge in [-0.15, -0.1) is 11.6 Å². The smallest absolute Gasteiger partial charge is 0.415 e. The molecule has 3 aromatic rings. The molecule has 0 bridgehead atoms. The van der Waals surface area contributed by atoms with Crippen LogP contribution in [0.1, 0.15) is 60.9 Å². The van der Waals surface area contributed by atoms with Crippen molar-refractivity contribution in [3.8, 4) is 17.2 Å². The number of amides is 3. The Balaban J connectivity index is 1.06. The Labute approximate surface area is 297 Å². The molecule has 2 fully saturated rings. The van der Waals surface area contributed by atoms with Gasteiger partial charge in [0.1, 0.15) is 5.75 Å². The number of hydrogen-bond acceptors (Lipinski definition) is 8. The largest absolute Gasteiger partial charge is 0.493 e. The van der Waals surface area contributed by atoms with Crippen molar-refractivity contribution in [1.82, 2.24) is 14.7 Å². The normalized spacial score (nSPS) is 21.8. The third-order valence-electron chi connectivity index (χ3n) is 10.5. The number of piperazine rings is 1. The molecule has 4 heterocycles. The van der Waals surface area contributed by atoms with Gasteiger partial charge in [-0.25, -0.2) is 4.79 Å². The molecule has 3 aromatic carbocycles. The summed E-state index contributed by atoms with van der Waals surface area (Å²) in [6.45, 7) is 6.22. The van der Waals surface area contributed by atoms with Crippen LogP contribution in [-0.2, 0) is 4.79 Å². The van der Waals surface area contributed by atoms with Crippen molar-refractivity contribution >= 4 is 57.9 Å². The van der Waals surface area contributed by atoms with Crippen LogP contribution in [0.15, 0.2) is 47.5 Å². The molecule has 2 atom stereocenters. The van der Waals surface area contributed by atoms with Gasteiger partial charge in [-0.05, 0) is 56.7 Å². The van der Waals surface area contributed by atoms with Crippen LogP contribution in [0.3, 0.4) is 0 Å². The monoisotopic (exact) mass is 701 g/mol. The molecule has 0 spiro atoms. The number of rotatable bonds is 8. The van der Waals surface area contributed by atoms with E-state index in [0.717, 1.165) is 54.4 Å². The van der Waals surface area contributed by atoms with E-state index in [1.807, 2.05) is 48.5 Å². The minimum atomic E-state index is -0.418. The number of fused-ring (bicyclic) bond motifs is 5. The number of alkyl halides is 1. The van der Waals surface area contributed by atoms with Crippen LogP contribution in [0.5, 0.6) is 17.2 Å². The van der Waals surface area contributed by atoms with E-state index in [2.05, 4.69) is 11.8 Å². The number of hydrogen-bond donors (Lipinski definition) is 0. The lowest BCUT2D eigenvalue weighted by Crippen LogP contribution is -2.53. The molecular weight excluding hydrogens is 658 g/mol. The SMILES string of the molecule is COc1cc2c(cc1OCCCC(=O)N1C[C@@H](CCl)c3c1cc(OC(=O)N1CCN(C)CC1)c1ccccc31)N=C[C@]1(C)CCCCN1C2=O. The molecule has 264 valence electrons. The van der Waals surface area contributed by atoms with Gasteiger partial charge in [0.15, 0.2) is 11.5 Å². The molecule has 0 N–H and O–H groups in total. The number of anilines is 1. The highest BCUT2D eigenvalue weighted by Gasteiger charge is 2.40. The zero-order valence-electron chi connectivity index (χ0n) is 29.0. The fourth-order valence-corrected chi connectivity index (χ4v) is 7.86. The number of ether oxygens (including phenoxy) is 3. The molecule has 3 amide bonds. The second-order valence-electron chi connectivity index (χ2n) is 13.9. The molecule has 4 aliphatic rings. The van der Waals surface area contributed by atoms with Crippen LogP contribution in [0.4, 0.5) is 16.2 Å². The predicted molar refractivity (Wildman–Crippen MR) is 194 cm³/mol. The number of carbonyl (C=O) groups is 3. The van der Waals surface area contributed by atoms with Crippen molar-refractivity contribution in [2.75, 3.05) is 70.8 Å². The molecular formula is C38H44ClN5O6. The molecule has 11 nitrogen and oxygen atoms in total. The number of aliphatic imine (C=N–C) groups is 1. The highest BCUT2D eigenvalue weighted by atomic mass is 35.5. The van der Waals surface area contributed by atoms with Crippen molar-refractivity contribution in [2.45, 2.75) is 50.5 Å². The predicted octanol–water partition coefficient (Wildman–Crippen LogP) is 6.22. The molecule has 0 aromatic heterocycles. The lowest BCUT2D eigenvalue weighted by molar-refractivity contribution is -0.118. The number of benzene rings is 3. The van der Waals surface area contributed by atoms with Gasteiger partial charge in [0, 0.05) is 81.2 Å². The van der Waals surface area contributed by atoms with E-state index in [-0.39, 0.29) is 30.8 Å². The van der Waals surface area contributed by atoms with Gasteiger partial charge < -0.3 is 33.8 Å². The first-order valence-electron chi connectivity index (χ1n) is 17.5. The van der Waals surface area contributed by atoms with Crippen molar-refractivity contribution < 1.29 is 28.6 Å². The maximum Gasteiger partial charge on any atom is 0.415 e. The van der Waals surface area contributed by atoms with Crippen LogP contribution in [-0.4, -0.2) is 110 Å². The first-order chi connectivity index (χ1) is 24.2. The highest BCUT2D eigenvalue weighted by Crippen LogP contribution is 2.46. The summed E-state index contributed by atoms with van der Waals surface area (Å²) in [7, 11) is 3.58. The van der Waals surface area contributed by atoms with Gasteiger partial charge in [-0.3, -0.25) is 14.6 Å². The number of likely N-dealkylation sites (N-methyl/N-ethyl adjacent to an activating group) is 1. The average Bonchev–Trinajstić information content (AvgIpc) is 3.46. The van der Waals surface area contributed by atoms with E-state index in [0.29, 0.717) is 67.0 Å². The van der Waals surface area contributed by atoms with Crippen LogP contribution in [0.25, 0.3) is 10.8 Å². The summed E-state index contributed by atoms with van der Waals surface area (Å²) in [5.41, 5.74) is 2.35. The molecule has 0 aliphatic carbocycles.